The summed E-state index contributed by atoms with van der Waals surface area (Å²) in [4.78, 5) is 7.85. The predicted molar refractivity (Wildman–Crippen MR) is 102 cm³/mol. The van der Waals surface area contributed by atoms with E-state index in [0.717, 1.165) is 7.11 Å². The quantitative estimate of drug-likeness (QED) is 0.296. The van der Waals surface area contributed by atoms with Gasteiger partial charge in [-0.3, -0.25) is 5.32 Å². The summed E-state index contributed by atoms with van der Waals surface area (Å²) in [6.07, 6.45) is -8.88. The molecule has 3 rings (SSSR count). The molecule has 0 radical (unpaired) electrons. The van der Waals surface area contributed by atoms with Gasteiger partial charge < -0.3 is 21.5 Å². The fraction of sp³-hybridized carbons (Fsp3) is 0.222. The normalized spacial score (nSPS) is 15.4. The summed E-state index contributed by atoms with van der Waals surface area (Å²) in [6.45, 7) is 0. The number of nitrogens with two attached hydrogens (primary N) is 2. The molecule has 1 unspecified atom stereocenters. The van der Waals surface area contributed by atoms with Crippen LogP contribution in [0.4, 0.5) is 43.7 Å². The van der Waals surface area contributed by atoms with E-state index in [1.54, 1.807) is 6.07 Å². The summed E-state index contributed by atoms with van der Waals surface area (Å²) in [5.41, 5.74) is 6.47. The Kier molecular flexibility index (Phi) is 5.60. The summed E-state index contributed by atoms with van der Waals surface area (Å²) in [6, 6.07) is 0.189. The summed E-state index contributed by atoms with van der Waals surface area (Å²) in [7, 11) is 0.880. The fourth-order valence-electron chi connectivity index (χ4n) is 3.27. The van der Waals surface area contributed by atoms with Gasteiger partial charge in [0.1, 0.15) is 35.1 Å². The molecule has 1 aliphatic rings. The first-order valence-corrected chi connectivity index (χ1v) is 8.68. The minimum Gasteiger partial charge on any atom is -0.496 e. The molecule has 2 aromatic rings. The van der Waals surface area contributed by atoms with Crippen molar-refractivity contribution in [1.29, 1.82) is 10.5 Å². The van der Waals surface area contributed by atoms with Crippen molar-refractivity contribution in [2.45, 2.75) is 18.4 Å². The van der Waals surface area contributed by atoms with Crippen molar-refractivity contribution in [3.05, 3.63) is 39.9 Å². The molecule has 0 saturated heterocycles. The summed E-state index contributed by atoms with van der Waals surface area (Å²) < 4.78 is 86.5. The number of rotatable bonds is 2. The van der Waals surface area contributed by atoms with Crippen molar-refractivity contribution in [3.63, 3.8) is 0 Å². The molecule has 0 aliphatic carbocycles. The number of nitriles is 2. The Morgan fingerprint density at radius 2 is 1.76 bits per heavy atom. The number of hydrogen-bond acceptors (Lipinski definition) is 9. The number of nitrogens with one attached hydrogen (secondary N) is 2. The highest BCUT2D eigenvalue weighted by molar-refractivity contribution is 5.98. The number of guanidine groups is 1. The molecule has 1 atom stereocenters. The van der Waals surface area contributed by atoms with Gasteiger partial charge in [-0.05, 0) is 12.1 Å². The molecule has 0 bridgehead atoms. The average Bonchev–Trinajstić information content (AvgIpc) is 2.71. The van der Waals surface area contributed by atoms with Crippen LogP contribution in [0.15, 0.2) is 17.1 Å². The zero-order valence-corrected chi connectivity index (χ0v) is 16.4. The lowest BCUT2D eigenvalue weighted by Crippen LogP contribution is -2.33. The molecule has 2 heterocycles. The molecule has 172 valence electrons. The van der Waals surface area contributed by atoms with Crippen LogP contribution in [0, 0.1) is 22.8 Å². The molecule has 1 aromatic carbocycles. The Labute approximate surface area is 181 Å². The van der Waals surface area contributed by atoms with Gasteiger partial charge in [0, 0.05) is 11.1 Å². The van der Waals surface area contributed by atoms with E-state index in [4.69, 9.17) is 21.5 Å². The van der Waals surface area contributed by atoms with Gasteiger partial charge in [0.25, 0.3) is 0 Å². The topological polar surface area (TPSA) is 158 Å². The third kappa shape index (κ3) is 4.08. The Morgan fingerprint density at radius 1 is 1.09 bits per heavy atom. The van der Waals surface area contributed by atoms with Crippen LogP contribution in [0.3, 0.4) is 0 Å². The standard InChI is InChI=1S/C18H12F6N8O/c1-33-9-3-6(17(19,20)21)2-8(18(22,23)24)10(9)13-11-12(27)7(4-25)14(28)31-15(11)32-16(30-13)29-5-26/h2-3,13H,1H3,(H6,27,28,29,30,31,32). The van der Waals surface area contributed by atoms with E-state index in [2.05, 4.69) is 20.6 Å². The van der Waals surface area contributed by atoms with Gasteiger partial charge in [0.15, 0.2) is 6.19 Å². The number of ether oxygens (including phenoxy) is 1. The van der Waals surface area contributed by atoms with Crippen LogP contribution in [0.25, 0.3) is 0 Å². The summed E-state index contributed by atoms with van der Waals surface area (Å²) >= 11 is 0. The molecule has 0 saturated carbocycles. The molecule has 15 heteroatoms. The largest absolute Gasteiger partial charge is 0.496 e. The SMILES string of the molecule is COc1cc(C(F)(F)F)cc(C(F)(F)F)c1C1N=C(NC#N)Nc2nc(N)c(C#N)c(N)c21. The van der Waals surface area contributed by atoms with Gasteiger partial charge in [-0.25, -0.2) is 9.98 Å². The highest BCUT2D eigenvalue weighted by Gasteiger charge is 2.43. The van der Waals surface area contributed by atoms with Gasteiger partial charge in [-0.15, -0.1) is 0 Å². The second-order valence-electron chi connectivity index (χ2n) is 6.54. The second-order valence-corrected chi connectivity index (χ2v) is 6.54. The number of nitrogens with zero attached hydrogens (tertiary/aromatic N) is 4. The number of pyridine rings is 1. The van der Waals surface area contributed by atoms with Gasteiger partial charge >= 0.3 is 12.4 Å². The van der Waals surface area contributed by atoms with Gasteiger partial charge in [-0.2, -0.15) is 36.9 Å². The van der Waals surface area contributed by atoms with Crippen LogP contribution < -0.4 is 26.8 Å². The number of alkyl halides is 6. The highest BCUT2D eigenvalue weighted by atomic mass is 19.4. The summed E-state index contributed by atoms with van der Waals surface area (Å²) in [5, 5.41) is 22.8. The smallest absolute Gasteiger partial charge is 0.416 e. The van der Waals surface area contributed by atoms with E-state index in [1.165, 1.54) is 6.19 Å². The monoisotopic (exact) mass is 470 g/mol. The van der Waals surface area contributed by atoms with Crippen LogP contribution in [0.5, 0.6) is 5.75 Å². The first kappa shape index (κ1) is 23.3. The number of methoxy groups -OCH3 is 1. The Balaban J connectivity index is 2.46. The van der Waals surface area contributed by atoms with Crippen LogP contribution in [-0.2, 0) is 12.4 Å². The van der Waals surface area contributed by atoms with E-state index in [-0.39, 0.29) is 34.8 Å². The van der Waals surface area contributed by atoms with Gasteiger partial charge in [-0.1, -0.05) is 0 Å². The lowest BCUT2D eigenvalue weighted by atomic mass is 9.89. The molecule has 1 aliphatic heterocycles. The maximum Gasteiger partial charge on any atom is 0.416 e. The summed E-state index contributed by atoms with van der Waals surface area (Å²) in [5.74, 6) is -1.81. The lowest BCUT2D eigenvalue weighted by Gasteiger charge is -2.29. The first-order valence-electron chi connectivity index (χ1n) is 8.68. The number of fused-ring (bicyclic) bond motifs is 1. The molecule has 9 nitrogen and oxygen atoms in total. The Morgan fingerprint density at radius 3 is 2.27 bits per heavy atom. The Hall–Kier alpha value is -4.40. The average molecular weight is 470 g/mol. The minimum atomic E-state index is -5.28. The van der Waals surface area contributed by atoms with E-state index in [0.29, 0.717) is 6.07 Å². The van der Waals surface area contributed by atoms with Gasteiger partial charge in [0.05, 0.1) is 23.9 Å². The molecular formula is C18H12F6N8O. The number of anilines is 3. The molecule has 0 spiro atoms. The van der Waals surface area contributed by atoms with E-state index in [9.17, 15) is 31.6 Å². The fourth-order valence-corrected chi connectivity index (χ4v) is 3.27. The number of hydrogen-bond donors (Lipinski definition) is 4. The van der Waals surface area contributed by atoms with Crippen LogP contribution in [0.2, 0.25) is 0 Å². The number of benzene rings is 1. The van der Waals surface area contributed by atoms with Crippen LogP contribution >= 0.6 is 0 Å². The third-order valence-corrected chi connectivity index (χ3v) is 4.63. The molecule has 0 amide bonds. The molecule has 0 fully saturated rings. The molecule has 1 aromatic heterocycles. The number of aromatic nitrogens is 1. The molecular weight excluding hydrogens is 458 g/mol. The first-order chi connectivity index (χ1) is 15.3. The van der Waals surface area contributed by atoms with Crippen LogP contribution in [-0.4, -0.2) is 18.1 Å². The number of halogens is 6. The van der Waals surface area contributed by atoms with Gasteiger partial charge in [0.2, 0.25) is 5.96 Å². The number of aliphatic imine (C=N–C) groups is 1. The van der Waals surface area contributed by atoms with Crippen molar-refractivity contribution in [2.24, 2.45) is 4.99 Å². The van der Waals surface area contributed by atoms with Crippen molar-refractivity contribution in [2.75, 3.05) is 23.9 Å². The maximum absolute atomic E-state index is 13.9. The highest BCUT2D eigenvalue weighted by Crippen LogP contribution is 2.49. The van der Waals surface area contributed by atoms with Crippen molar-refractivity contribution in [1.82, 2.24) is 10.3 Å². The van der Waals surface area contributed by atoms with Crippen molar-refractivity contribution >= 4 is 23.3 Å². The third-order valence-electron chi connectivity index (χ3n) is 4.63. The predicted octanol–water partition coefficient (Wildman–Crippen LogP) is 3.11. The Bertz CT molecular complexity index is 1240. The second kappa shape index (κ2) is 7.94. The van der Waals surface area contributed by atoms with Crippen molar-refractivity contribution < 1.29 is 31.1 Å². The zero-order chi connectivity index (χ0) is 24.7. The maximum atomic E-state index is 13.9. The van der Waals surface area contributed by atoms with Crippen LogP contribution in [0.1, 0.15) is 33.9 Å². The number of nitrogen functional groups attached to an aromatic ring is 2. The molecule has 33 heavy (non-hydrogen) atoms. The van der Waals surface area contributed by atoms with Crippen molar-refractivity contribution in [3.8, 4) is 18.0 Å². The molecule has 6 N–H and O–H groups in total. The van der Waals surface area contributed by atoms with E-state index >= 15 is 0 Å². The van der Waals surface area contributed by atoms with E-state index in [1.807, 2.05) is 0 Å². The lowest BCUT2D eigenvalue weighted by molar-refractivity contribution is -0.143. The zero-order valence-electron chi connectivity index (χ0n) is 16.4. The van der Waals surface area contributed by atoms with E-state index < -0.39 is 46.5 Å². The minimum absolute atomic E-state index is 0.0847.